The molecular formula is C24H22BrN. The molecule has 0 aliphatic carbocycles. The molecule has 2 unspecified atom stereocenters. The molecule has 0 fully saturated rings. The van der Waals surface area contributed by atoms with E-state index in [1.807, 2.05) is 0 Å². The Kier molecular flexibility index (Phi) is 4.09. The fourth-order valence-electron chi connectivity index (χ4n) is 4.82. The van der Waals surface area contributed by atoms with E-state index in [0.29, 0.717) is 11.8 Å². The van der Waals surface area contributed by atoms with Gasteiger partial charge in [0.1, 0.15) is 0 Å². The van der Waals surface area contributed by atoms with Crippen LogP contribution in [0.1, 0.15) is 46.9 Å². The Labute approximate surface area is 163 Å². The van der Waals surface area contributed by atoms with Crippen molar-refractivity contribution in [2.75, 3.05) is 18.0 Å². The zero-order chi connectivity index (χ0) is 17.5. The van der Waals surface area contributed by atoms with Crippen LogP contribution in [0.15, 0.2) is 77.3 Å². The summed E-state index contributed by atoms with van der Waals surface area (Å²) in [7, 11) is 0. The van der Waals surface area contributed by atoms with Crippen LogP contribution in [-0.4, -0.2) is 13.1 Å². The van der Waals surface area contributed by atoms with Gasteiger partial charge in [0.15, 0.2) is 0 Å². The minimum Gasteiger partial charge on any atom is -0.371 e. The summed E-state index contributed by atoms with van der Waals surface area (Å²) in [4.78, 5) is 2.62. The molecule has 2 heteroatoms. The van der Waals surface area contributed by atoms with Crippen molar-refractivity contribution in [1.29, 1.82) is 0 Å². The minimum atomic E-state index is 0.494. The van der Waals surface area contributed by atoms with Crippen LogP contribution in [0.3, 0.4) is 0 Å². The standard InChI is InChI=1S/C24H22BrN/c25-19-15-22-20(17-7-3-1-4-8-17)11-13-26-14-12-21(23(16-19)24(22)26)18-9-5-2-6-10-18/h1-10,15-16,20-21H,11-14H2. The van der Waals surface area contributed by atoms with Crippen LogP contribution in [-0.2, 0) is 0 Å². The monoisotopic (exact) mass is 403 g/mol. The molecule has 1 nitrogen and oxygen atoms in total. The fourth-order valence-corrected chi connectivity index (χ4v) is 5.31. The Balaban J connectivity index is 1.68. The van der Waals surface area contributed by atoms with E-state index in [4.69, 9.17) is 0 Å². The van der Waals surface area contributed by atoms with Crippen molar-refractivity contribution in [3.63, 3.8) is 0 Å². The zero-order valence-corrected chi connectivity index (χ0v) is 16.3. The predicted molar refractivity (Wildman–Crippen MR) is 112 cm³/mol. The molecule has 2 atom stereocenters. The first-order valence-electron chi connectivity index (χ1n) is 9.49. The largest absolute Gasteiger partial charge is 0.371 e. The van der Waals surface area contributed by atoms with Gasteiger partial charge in [0.2, 0.25) is 0 Å². The first kappa shape index (κ1) is 16.1. The Morgan fingerprint density at radius 2 is 1.15 bits per heavy atom. The van der Waals surface area contributed by atoms with Gasteiger partial charge >= 0.3 is 0 Å². The molecule has 0 saturated heterocycles. The van der Waals surface area contributed by atoms with Crippen LogP contribution in [0, 0.1) is 0 Å². The first-order valence-corrected chi connectivity index (χ1v) is 10.3. The third kappa shape index (κ3) is 2.68. The summed E-state index contributed by atoms with van der Waals surface area (Å²) in [6.45, 7) is 2.31. The molecule has 2 heterocycles. The highest BCUT2D eigenvalue weighted by Crippen LogP contribution is 2.49. The van der Waals surface area contributed by atoms with Gasteiger partial charge in [0.05, 0.1) is 0 Å². The quantitative estimate of drug-likeness (QED) is 0.483. The van der Waals surface area contributed by atoms with E-state index in [0.717, 1.165) is 13.1 Å². The molecule has 3 aromatic carbocycles. The van der Waals surface area contributed by atoms with Gasteiger partial charge in [-0.15, -0.1) is 0 Å². The molecule has 0 radical (unpaired) electrons. The molecule has 0 N–H and O–H groups in total. The van der Waals surface area contributed by atoms with Gasteiger partial charge in [-0.25, -0.2) is 0 Å². The predicted octanol–water partition coefficient (Wildman–Crippen LogP) is 6.33. The molecule has 5 rings (SSSR count). The number of benzene rings is 3. The number of halogens is 1. The summed E-state index contributed by atoms with van der Waals surface area (Å²) in [5.41, 5.74) is 7.36. The molecule has 26 heavy (non-hydrogen) atoms. The van der Waals surface area contributed by atoms with E-state index in [1.54, 1.807) is 0 Å². The number of anilines is 1. The average Bonchev–Trinajstić information content (AvgIpc) is 2.69. The molecule has 0 amide bonds. The van der Waals surface area contributed by atoms with Gasteiger partial charge in [0.25, 0.3) is 0 Å². The lowest BCUT2D eigenvalue weighted by molar-refractivity contribution is 0.570. The van der Waals surface area contributed by atoms with Gasteiger partial charge in [0, 0.05) is 35.1 Å². The maximum Gasteiger partial charge on any atom is 0.0444 e. The normalized spacial score (nSPS) is 21.3. The summed E-state index contributed by atoms with van der Waals surface area (Å²) < 4.78 is 1.21. The Morgan fingerprint density at radius 3 is 1.62 bits per heavy atom. The molecular weight excluding hydrogens is 382 g/mol. The summed E-state index contributed by atoms with van der Waals surface area (Å²) in [5.74, 6) is 0.987. The second-order valence-electron chi connectivity index (χ2n) is 7.42. The van der Waals surface area contributed by atoms with E-state index >= 15 is 0 Å². The third-order valence-corrected chi connectivity index (χ3v) is 6.44. The molecule has 0 saturated carbocycles. The maximum atomic E-state index is 3.81. The maximum absolute atomic E-state index is 3.81. The molecule has 3 aromatic rings. The number of rotatable bonds is 2. The molecule has 0 bridgehead atoms. The number of nitrogens with zero attached hydrogens (tertiary/aromatic N) is 1. The van der Waals surface area contributed by atoms with Gasteiger partial charge in [-0.2, -0.15) is 0 Å². The van der Waals surface area contributed by atoms with E-state index in [-0.39, 0.29) is 0 Å². The SMILES string of the molecule is Brc1cc2c3c(c1)C(c1ccccc1)CCN3CCC2c1ccccc1. The van der Waals surface area contributed by atoms with Gasteiger partial charge < -0.3 is 4.90 Å². The van der Waals surface area contributed by atoms with E-state index < -0.39 is 0 Å². The van der Waals surface area contributed by atoms with Gasteiger partial charge in [-0.3, -0.25) is 0 Å². The van der Waals surface area contributed by atoms with Crippen LogP contribution in [0.25, 0.3) is 0 Å². The minimum absolute atomic E-state index is 0.494. The fraction of sp³-hybridized carbons (Fsp3) is 0.250. The molecule has 0 spiro atoms. The van der Waals surface area contributed by atoms with Crippen molar-refractivity contribution in [1.82, 2.24) is 0 Å². The molecule has 0 aromatic heterocycles. The van der Waals surface area contributed by atoms with Crippen LogP contribution in [0.4, 0.5) is 5.69 Å². The number of hydrogen-bond donors (Lipinski definition) is 0. The molecule has 2 aliphatic heterocycles. The summed E-state index contributed by atoms with van der Waals surface area (Å²) in [5, 5.41) is 0. The second kappa shape index (κ2) is 6.59. The van der Waals surface area contributed by atoms with Crippen molar-refractivity contribution in [2.24, 2.45) is 0 Å². The van der Waals surface area contributed by atoms with Crippen molar-refractivity contribution in [2.45, 2.75) is 24.7 Å². The first-order chi connectivity index (χ1) is 12.8. The van der Waals surface area contributed by atoms with Gasteiger partial charge in [-0.05, 0) is 47.2 Å². The van der Waals surface area contributed by atoms with E-state index in [2.05, 4.69) is 93.6 Å². The van der Waals surface area contributed by atoms with Crippen LogP contribution >= 0.6 is 15.9 Å². The van der Waals surface area contributed by atoms with Crippen molar-refractivity contribution < 1.29 is 0 Å². The highest BCUT2D eigenvalue weighted by molar-refractivity contribution is 9.10. The smallest absolute Gasteiger partial charge is 0.0444 e. The molecule has 2 aliphatic rings. The van der Waals surface area contributed by atoms with Crippen LogP contribution in [0.2, 0.25) is 0 Å². The summed E-state index contributed by atoms with van der Waals surface area (Å²) in [6.07, 6.45) is 2.39. The lowest BCUT2D eigenvalue weighted by atomic mass is 9.77. The Hall–Kier alpha value is -2.06. The van der Waals surface area contributed by atoms with E-state index in [1.165, 1.54) is 45.3 Å². The lowest BCUT2D eigenvalue weighted by Gasteiger charge is -2.43. The Bertz CT molecular complexity index is 847. The highest BCUT2D eigenvalue weighted by atomic mass is 79.9. The van der Waals surface area contributed by atoms with Crippen LogP contribution < -0.4 is 4.90 Å². The zero-order valence-electron chi connectivity index (χ0n) is 14.7. The van der Waals surface area contributed by atoms with Gasteiger partial charge in [-0.1, -0.05) is 76.6 Å². The summed E-state index contributed by atoms with van der Waals surface area (Å²) in [6, 6.07) is 26.7. The topological polar surface area (TPSA) is 3.24 Å². The molecule has 130 valence electrons. The van der Waals surface area contributed by atoms with E-state index in [9.17, 15) is 0 Å². The summed E-state index contributed by atoms with van der Waals surface area (Å²) >= 11 is 3.81. The lowest BCUT2D eigenvalue weighted by Crippen LogP contribution is -2.37. The van der Waals surface area contributed by atoms with Crippen LogP contribution in [0.5, 0.6) is 0 Å². The second-order valence-corrected chi connectivity index (χ2v) is 8.34. The van der Waals surface area contributed by atoms with Crippen molar-refractivity contribution in [3.05, 3.63) is 99.5 Å². The number of hydrogen-bond acceptors (Lipinski definition) is 1. The highest BCUT2D eigenvalue weighted by Gasteiger charge is 2.34. The Morgan fingerprint density at radius 1 is 0.692 bits per heavy atom. The third-order valence-electron chi connectivity index (χ3n) is 5.98. The van der Waals surface area contributed by atoms with Crippen molar-refractivity contribution in [3.8, 4) is 0 Å². The average molecular weight is 404 g/mol. The van der Waals surface area contributed by atoms with Crippen molar-refractivity contribution >= 4 is 21.6 Å².